The van der Waals surface area contributed by atoms with Crippen LogP contribution < -0.4 is 5.73 Å². The molecule has 2 aliphatic rings. The number of hydrogen-bond acceptors (Lipinski definition) is 3. The average molecular weight is 256 g/mol. The summed E-state index contributed by atoms with van der Waals surface area (Å²) in [6.45, 7) is 2.29. The average Bonchev–Trinajstić information content (AvgIpc) is 3.07. The third-order valence-electron chi connectivity index (χ3n) is 4.89. The Labute approximate surface area is 113 Å². The zero-order chi connectivity index (χ0) is 13.0. The maximum absolute atomic E-state index is 6.15. The molecule has 0 spiro atoms. The van der Waals surface area contributed by atoms with Crippen molar-refractivity contribution in [2.45, 2.75) is 50.9 Å². The molecule has 0 saturated heterocycles. The van der Waals surface area contributed by atoms with Gasteiger partial charge in [0.15, 0.2) is 5.65 Å². The van der Waals surface area contributed by atoms with Crippen LogP contribution in [0.4, 0.5) is 5.82 Å². The summed E-state index contributed by atoms with van der Waals surface area (Å²) in [6.07, 6.45) is 8.53. The molecule has 4 heteroatoms. The molecule has 2 heterocycles. The maximum Gasteiger partial charge on any atom is 0.161 e. The molecule has 1 unspecified atom stereocenters. The standard InChI is InChI=1S/C15H20N4/c1-9(10-3-2-4-10)13-7-14(16)19-15(18-13)12(8-17-19)11-5-6-11/h7-11H,2-6,16H2,1H3. The molecule has 100 valence electrons. The van der Waals surface area contributed by atoms with Gasteiger partial charge in [-0.2, -0.15) is 9.61 Å². The first-order valence-corrected chi connectivity index (χ1v) is 7.38. The lowest BCUT2D eigenvalue weighted by Gasteiger charge is -2.31. The molecule has 19 heavy (non-hydrogen) atoms. The van der Waals surface area contributed by atoms with E-state index in [4.69, 9.17) is 10.7 Å². The number of rotatable bonds is 3. The molecule has 2 N–H and O–H groups in total. The molecule has 2 aliphatic carbocycles. The molecule has 2 saturated carbocycles. The van der Waals surface area contributed by atoms with Crippen LogP contribution in [0.1, 0.15) is 62.1 Å². The van der Waals surface area contributed by atoms with Gasteiger partial charge in [-0.15, -0.1) is 0 Å². The van der Waals surface area contributed by atoms with Crippen LogP contribution in [-0.4, -0.2) is 14.6 Å². The lowest BCUT2D eigenvalue weighted by Crippen LogP contribution is -2.19. The Morgan fingerprint density at radius 1 is 1.32 bits per heavy atom. The van der Waals surface area contributed by atoms with Gasteiger partial charge >= 0.3 is 0 Å². The van der Waals surface area contributed by atoms with Crippen LogP contribution in [0, 0.1) is 5.92 Å². The van der Waals surface area contributed by atoms with Gasteiger partial charge < -0.3 is 5.73 Å². The summed E-state index contributed by atoms with van der Waals surface area (Å²) in [5.74, 6) is 2.70. The summed E-state index contributed by atoms with van der Waals surface area (Å²) in [5, 5.41) is 4.39. The van der Waals surface area contributed by atoms with Crippen LogP contribution in [0.25, 0.3) is 5.65 Å². The molecular formula is C15H20N4. The smallest absolute Gasteiger partial charge is 0.161 e. The van der Waals surface area contributed by atoms with E-state index in [1.54, 1.807) is 4.52 Å². The number of fused-ring (bicyclic) bond motifs is 1. The highest BCUT2D eigenvalue weighted by molar-refractivity contribution is 5.55. The summed E-state index contributed by atoms with van der Waals surface area (Å²) < 4.78 is 1.80. The first-order valence-electron chi connectivity index (χ1n) is 7.38. The minimum Gasteiger partial charge on any atom is -0.384 e. The Hall–Kier alpha value is -1.58. The quantitative estimate of drug-likeness (QED) is 0.918. The molecule has 4 nitrogen and oxygen atoms in total. The monoisotopic (exact) mass is 256 g/mol. The second-order valence-electron chi connectivity index (χ2n) is 6.20. The van der Waals surface area contributed by atoms with E-state index >= 15 is 0 Å². The fourth-order valence-electron chi connectivity index (χ4n) is 3.12. The lowest BCUT2D eigenvalue weighted by molar-refractivity contribution is 0.269. The molecule has 0 bridgehead atoms. The predicted molar refractivity (Wildman–Crippen MR) is 75.1 cm³/mol. The molecule has 0 aliphatic heterocycles. The van der Waals surface area contributed by atoms with Crippen LogP contribution >= 0.6 is 0 Å². The van der Waals surface area contributed by atoms with Crippen molar-refractivity contribution in [3.05, 3.63) is 23.5 Å². The van der Waals surface area contributed by atoms with E-state index in [0.29, 0.717) is 11.8 Å². The summed E-state index contributed by atoms with van der Waals surface area (Å²) in [7, 11) is 0. The van der Waals surface area contributed by atoms with Gasteiger partial charge in [-0.1, -0.05) is 13.3 Å². The van der Waals surface area contributed by atoms with Gasteiger partial charge in [0.05, 0.1) is 6.20 Å². The molecule has 1 atom stereocenters. The fourth-order valence-corrected chi connectivity index (χ4v) is 3.12. The SMILES string of the molecule is CC(c1cc(N)n2ncc(C3CC3)c2n1)C1CCC1. The first kappa shape index (κ1) is 11.3. The fraction of sp³-hybridized carbons (Fsp3) is 0.600. The van der Waals surface area contributed by atoms with E-state index < -0.39 is 0 Å². The molecule has 0 radical (unpaired) electrons. The maximum atomic E-state index is 6.15. The predicted octanol–water partition coefficient (Wildman–Crippen LogP) is 3.09. The van der Waals surface area contributed by atoms with Crippen molar-refractivity contribution >= 4 is 11.5 Å². The van der Waals surface area contributed by atoms with Crippen LogP contribution in [0.5, 0.6) is 0 Å². The highest BCUT2D eigenvalue weighted by Crippen LogP contribution is 2.43. The van der Waals surface area contributed by atoms with Crippen molar-refractivity contribution in [1.82, 2.24) is 14.6 Å². The molecule has 0 amide bonds. The summed E-state index contributed by atoms with van der Waals surface area (Å²) in [5.41, 5.74) is 9.57. The molecule has 2 fully saturated rings. The summed E-state index contributed by atoms with van der Waals surface area (Å²) >= 11 is 0. The van der Waals surface area contributed by atoms with Gasteiger partial charge in [0, 0.05) is 23.2 Å². The molecule has 2 aromatic rings. The third kappa shape index (κ3) is 1.73. The van der Waals surface area contributed by atoms with Crippen molar-refractivity contribution in [3.63, 3.8) is 0 Å². The second-order valence-corrected chi connectivity index (χ2v) is 6.20. The minimum atomic E-state index is 0.517. The lowest BCUT2D eigenvalue weighted by atomic mass is 9.75. The topological polar surface area (TPSA) is 56.2 Å². The number of anilines is 1. The Morgan fingerprint density at radius 2 is 2.11 bits per heavy atom. The third-order valence-corrected chi connectivity index (χ3v) is 4.89. The van der Waals surface area contributed by atoms with Gasteiger partial charge in [-0.25, -0.2) is 4.98 Å². The van der Waals surface area contributed by atoms with Crippen molar-refractivity contribution in [3.8, 4) is 0 Å². The van der Waals surface area contributed by atoms with E-state index in [0.717, 1.165) is 23.1 Å². The van der Waals surface area contributed by atoms with Crippen LogP contribution in [0.2, 0.25) is 0 Å². The van der Waals surface area contributed by atoms with Gasteiger partial charge in [0.25, 0.3) is 0 Å². The highest BCUT2D eigenvalue weighted by atomic mass is 15.3. The van der Waals surface area contributed by atoms with Gasteiger partial charge in [0.2, 0.25) is 0 Å². The van der Waals surface area contributed by atoms with Gasteiger partial charge in [-0.05, 0) is 37.5 Å². The number of aromatic nitrogens is 3. The molecule has 0 aromatic carbocycles. The van der Waals surface area contributed by atoms with E-state index in [2.05, 4.69) is 12.0 Å². The second kappa shape index (κ2) is 3.95. The zero-order valence-electron chi connectivity index (χ0n) is 11.3. The zero-order valence-corrected chi connectivity index (χ0v) is 11.3. The molecule has 2 aromatic heterocycles. The Kier molecular flexibility index (Phi) is 2.34. The summed E-state index contributed by atoms with van der Waals surface area (Å²) in [6, 6.07) is 2.01. The highest BCUT2D eigenvalue weighted by Gasteiger charge is 2.30. The number of hydrogen-bond donors (Lipinski definition) is 1. The van der Waals surface area contributed by atoms with Crippen LogP contribution in [-0.2, 0) is 0 Å². The van der Waals surface area contributed by atoms with Crippen molar-refractivity contribution < 1.29 is 0 Å². The Balaban J connectivity index is 1.80. The minimum absolute atomic E-state index is 0.517. The number of nitrogen functional groups attached to an aromatic ring is 1. The van der Waals surface area contributed by atoms with Crippen molar-refractivity contribution in [2.24, 2.45) is 5.92 Å². The van der Waals surface area contributed by atoms with Crippen molar-refractivity contribution in [2.75, 3.05) is 5.73 Å². The first-order chi connectivity index (χ1) is 9.24. The van der Waals surface area contributed by atoms with Crippen molar-refractivity contribution in [1.29, 1.82) is 0 Å². The Bertz CT molecular complexity index is 622. The van der Waals surface area contributed by atoms with E-state index in [1.807, 2.05) is 12.3 Å². The Morgan fingerprint density at radius 3 is 2.74 bits per heavy atom. The molecular weight excluding hydrogens is 236 g/mol. The van der Waals surface area contributed by atoms with Gasteiger partial charge in [-0.3, -0.25) is 0 Å². The van der Waals surface area contributed by atoms with E-state index in [-0.39, 0.29) is 0 Å². The van der Waals surface area contributed by atoms with Crippen LogP contribution in [0.3, 0.4) is 0 Å². The van der Waals surface area contributed by atoms with E-state index in [1.165, 1.54) is 37.7 Å². The van der Waals surface area contributed by atoms with E-state index in [9.17, 15) is 0 Å². The number of nitrogens with two attached hydrogens (primary N) is 1. The van der Waals surface area contributed by atoms with Gasteiger partial charge in [0.1, 0.15) is 5.82 Å². The largest absolute Gasteiger partial charge is 0.384 e. The molecule has 4 rings (SSSR count). The number of nitrogens with zero attached hydrogens (tertiary/aromatic N) is 3. The normalized spacial score (nSPS) is 21.5. The summed E-state index contributed by atoms with van der Waals surface area (Å²) in [4.78, 5) is 4.88. The van der Waals surface area contributed by atoms with Crippen LogP contribution in [0.15, 0.2) is 12.3 Å².